The summed E-state index contributed by atoms with van der Waals surface area (Å²) in [5.41, 5.74) is 7.81. The summed E-state index contributed by atoms with van der Waals surface area (Å²) >= 11 is 0. The standard InChI is InChI=1S/C42H36FN5O/c1-28-24-31(22-23-45-28)40(44)37-25-32-27-48(29(2)30-18-20-36(43)21-19-30)41(49)46-38(32)26-39(37)47-42(33-12-6-3-7-13-33,34-14-8-4-9-15-34)35-16-10-5-11-17-35/h3-26,29,44,47H,27H2,1-2H3,(H,46,49). The van der Waals surface area contributed by atoms with E-state index in [-0.39, 0.29) is 17.9 Å². The first-order valence-corrected chi connectivity index (χ1v) is 16.3. The first-order valence-electron chi connectivity index (χ1n) is 16.3. The lowest BCUT2D eigenvalue weighted by Gasteiger charge is -2.39. The number of benzene rings is 5. The van der Waals surface area contributed by atoms with Crippen LogP contribution in [0.2, 0.25) is 0 Å². The SMILES string of the molecule is Cc1cc(C(=N)c2cc3c(cc2NC(c2ccccc2)(c2ccccc2)c2ccccc2)NC(=O)N(C(C)c2ccc(F)cc2)C3)ccn1. The number of aryl methyl sites for hydroxylation is 1. The van der Waals surface area contributed by atoms with E-state index in [9.17, 15) is 14.6 Å². The molecule has 0 bridgehead atoms. The first kappa shape index (κ1) is 31.5. The predicted molar refractivity (Wildman–Crippen MR) is 194 cm³/mol. The number of nitrogens with zero attached hydrogens (tertiary/aromatic N) is 2. The zero-order chi connectivity index (χ0) is 34.0. The number of pyridine rings is 1. The minimum atomic E-state index is -0.858. The van der Waals surface area contributed by atoms with Crippen LogP contribution >= 0.6 is 0 Å². The molecule has 1 aliphatic rings. The molecule has 6 nitrogen and oxygen atoms in total. The first-order chi connectivity index (χ1) is 23.8. The Labute approximate surface area is 285 Å². The fourth-order valence-electron chi connectivity index (χ4n) is 6.72. The summed E-state index contributed by atoms with van der Waals surface area (Å²) in [6, 6.07) is 44.3. The molecule has 0 aliphatic carbocycles. The predicted octanol–water partition coefficient (Wildman–Crippen LogP) is 9.46. The number of halogens is 1. The summed E-state index contributed by atoms with van der Waals surface area (Å²) in [4.78, 5) is 19.7. The van der Waals surface area contributed by atoms with Crippen LogP contribution in [-0.4, -0.2) is 21.6 Å². The van der Waals surface area contributed by atoms with Crippen LogP contribution in [0, 0.1) is 18.2 Å². The molecule has 49 heavy (non-hydrogen) atoms. The number of hydrogen-bond acceptors (Lipinski definition) is 4. The van der Waals surface area contributed by atoms with Gasteiger partial charge in [0.1, 0.15) is 11.4 Å². The molecule has 1 aliphatic heterocycles. The molecule has 1 aromatic heterocycles. The van der Waals surface area contributed by atoms with Gasteiger partial charge in [-0.25, -0.2) is 9.18 Å². The second-order valence-electron chi connectivity index (χ2n) is 12.4. The lowest BCUT2D eigenvalue weighted by atomic mass is 9.76. The highest BCUT2D eigenvalue weighted by Crippen LogP contribution is 2.43. The van der Waals surface area contributed by atoms with E-state index in [4.69, 9.17) is 0 Å². The van der Waals surface area contributed by atoms with Crippen LogP contribution in [0.4, 0.5) is 20.6 Å². The Hall–Kier alpha value is -6.08. The van der Waals surface area contributed by atoms with E-state index >= 15 is 0 Å². The molecule has 0 saturated carbocycles. The monoisotopic (exact) mass is 645 g/mol. The molecule has 1 unspecified atom stereocenters. The van der Waals surface area contributed by atoms with Gasteiger partial charge in [0.25, 0.3) is 0 Å². The number of nitrogens with one attached hydrogen (secondary N) is 3. The number of carbonyl (C=O) groups excluding carboxylic acids is 1. The van der Waals surface area contributed by atoms with Crippen molar-refractivity contribution >= 4 is 23.1 Å². The number of urea groups is 1. The van der Waals surface area contributed by atoms with Crippen molar-refractivity contribution in [3.05, 3.63) is 196 Å². The Balaban J connectivity index is 1.41. The van der Waals surface area contributed by atoms with Crippen molar-refractivity contribution in [1.29, 1.82) is 5.41 Å². The minimum absolute atomic E-state index is 0.247. The van der Waals surface area contributed by atoms with Gasteiger partial charge in [-0.2, -0.15) is 0 Å². The van der Waals surface area contributed by atoms with Crippen LogP contribution in [0.1, 0.15) is 57.6 Å². The van der Waals surface area contributed by atoms with Crippen molar-refractivity contribution in [2.45, 2.75) is 32.0 Å². The van der Waals surface area contributed by atoms with Crippen molar-refractivity contribution in [3.8, 4) is 0 Å². The number of aromatic nitrogens is 1. The Morgan fingerprint density at radius 3 is 1.96 bits per heavy atom. The van der Waals surface area contributed by atoms with Gasteiger partial charge in [-0.1, -0.05) is 103 Å². The number of amides is 2. The normalized spacial score (nSPS) is 13.3. The second-order valence-corrected chi connectivity index (χ2v) is 12.4. The number of fused-ring (bicyclic) bond motifs is 1. The highest BCUT2D eigenvalue weighted by molar-refractivity contribution is 6.15. The van der Waals surface area contributed by atoms with Gasteiger partial charge in [-0.05, 0) is 78.1 Å². The molecule has 1 atom stereocenters. The largest absolute Gasteiger partial charge is 0.367 e. The number of carbonyl (C=O) groups is 1. The third kappa shape index (κ3) is 6.07. The zero-order valence-corrected chi connectivity index (χ0v) is 27.3. The lowest BCUT2D eigenvalue weighted by molar-refractivity contribution is 0.186. The molecule has 5 aromatic carbocycles. The topological polar surface area (TPSA) is 81.1 Å². The van der Waals surface area contributed by atoms with Crippen LogP contribution in [0.25, 0.3) is 0 Å². The lowest BCUT2D eigenvalue weighted by Crippen LogP contribution is -2.41. The van der Waals surface area contributed by atoms with Gasteiger partial charge in [0.05, 0.1) is 18.3 Å². The summed E-state index contributed by atoms with van der Waals surface area (Å²) in [6.07, 6.45) is 1.72. The van der Waals surface area contributed by atoms with Crippen molar-refractivity contribution in [3.63, 3.8) is 0 Å². The van der Waals surface area contributed by atoms with Crippen molar-refractivity contribution in [2.75, 3.05) is 10.6 Å². The summed E-state index contributed by atoms with van der Waals surface area (Å²) in [6.45, 7) is 4.17. The molecular weight excluding hydrogens is 609 g/mol. The molecule has 0 fully saturated rings. The van der Waals surface area contributed by atoms with Gasteiger partial charge in [-0.15, -0.1) is 0 Å². The molecule has 7 rings (SSSR count). The fraction of sp³-hybridized carbons (Fsp3) is 0.119. The van der Waals surface area contributed by atoms with Gasteiger partial charge in [0, 0.05) is 34.4 Å². The Bertz CT molecular complexity index is 2020. The third-order valence-electron chi connectivity index (χ3n) is 9.30. The molecule has 2 amide bonds. The number of rotatable bonds is 9. The Morgan fingerprint density at radius 2 is 1.41 bits per heavy atom. The van der Waals surface area contributed by atoms with Crippen LogP contribution in [0.15, 0.2) is 146 Å². The molecular formula is C42H36FN5O. The minimum Gasteiger partial charge on any atom is -0.367 e. The molecule has 0 radical (unpaired) electrons. The van der Waals surface area contributed by atoms with E-state index in [0.717, 1.165) is 39.1 Å². The highest BCUT2D eigenvalue weighted by Gasteiger charge is 2.38. The highest BCUT2D eigenvalue weighted by atomic mass is 19.1. The van der Waals surface area contributed by atoms with Gasteiger partial charge in [0.15, 0.2) is 0 Å². The third-order valence-corrected chi connectivity index (χ3v) is 9.30. The van der Waals surface area contributed by atoms with E-state index in [1.807, 2.05) is 92.7 Å². The number of hydrogen-bond donors (Lipinski definition) is 3. The van der Waals surface area contributed by atoms with E-state index < -0.39 is 5.54 Å². The van der Waals surface area contributed by atoms with Crippen molar-refractivity contribution in [1.82, 2.24) is 9.88 Å². The molecule has 3 N–H and O–H groups in total. The Morgan fingerprint density at radius 1 is 0.837 bits per heavy atom. The average Bonchev–Trinajstić information content (AvgIpc) is 3.14. The van der Waals surface area contributed by atoms with Crippen LogP contribution in [-0.2, 0) is 12.1 Å². The van der Waals surface area contributed by atoms with Gasteiger partial charge < -0.3 is 15.5 Å². The summed E-state index contributed by atoms with van der Waals surface area (Å²) < 4.78 is 13.7. The Kier molecular flexibility index (Phi) is 8.49. The van der Waals surface area contributed by atoms with E-state index in [0.29, 0.717) is 29.2 Å². The van der Waals surface area contributed by atoms with Crippen molar-refractivity contribution in [2.24, 2.45) is 0 Å². The van der Waals surface area contributed by atoms with E-state index in [1.165, 1.54) is 12.1 Å². The van der Waals surface area contributed by atoms with Crippen LogP contribution in [0.5, 0.6) is 0 Å². The van der Waals surface area contributed by atoms with Gasteiger partial charge in [-0.3, -0.25) is 10.4 Å². The van der Waals surface area contributed by atoms with Crippen molar-refractivity contribution < 1.29 is 9.18 Å². The number of anilines is 2. The molecule has 0 saturated heterocycles. The molecule has 6 aromatic rings. The molecule has 0 spiro atoms. The smallest absolute Gasteiger partial charge is 0.322 e. The molecule has 242 valence electrons. The van der Waals surface area contributed by atoms with E-state index in [1.54, 1.807) is 23.2 Å². The van der Waals surface area contributed by atoms with Crippen LogP contribution < -0.4 is 10.6 Å². The molecule has 7 heteroatoms. The van der Waals surface area contributed by atoms with Gasteiger partial charge >= 0.3 is 6.03 Å². The average molecular weight is 646 g/mol. The second kappa shape index (κ2) is 13.2. The van der Waals surface area contributed by atoms with E-state index in [2.05, 4.69) is 52.0 Å². The summed E-state index contributed by atoms with van der Waals surface area (Å²) in [5.74, 6) is -0.323. The summed E-state index contributed by atoms with van der Waals surface area (Å²) in [7, 11) is 0. The van der Waals surface area contributed by atoms with Crippen LogP contribution in [0.3, 0.4) is 0 Å². The zero-order valence-electron chi connectivity index (χ0n) is 27.3. The maximum Gasteiger partial charge on any atom is 0.322 e. The molecule has 2 heterocycles. The van der Waals surface area contributed by atoms with Gasteiger partial charge in [0.2, 0.25) is 0 Å². The fourth-order valence-corrected chi connectivity index (χ4v) is 6.72. The quantitative estimate of drug-likeness (QED) is 0.108. The maximum absolute atomic E-state index is 13.7. The summed E-state index contributed by atoms with van der Waals surface area (Å²) in [5, 5.41) is 16.6. The maximum atomic E-state index is 13.7.